The standard InChI is InChI=1S/C13H16N4O2S2/c18-21(19,12-3-1-2-11-13(12)16-20-15-11)17(9-4-5-9)10-6-7-14-8-10/h1-3,9-10,14H,4-8H2. The summed E-state index contributed by atoms with van der Waals surface area (Å²) in [6.07, 6.45) is 2.79. The Morgan fingerprint density at radius 2 is 2.05 bits per heavy atom. The molecule has 0 bridgehead atoms. The minimum atomic E-state index is -3.52. The molecular formula is C13H16N4O2S2. The van der Waals surface area contributed by atoms with Crippen LogP contribution in [0.15, 0.2) is 23.1 Å². The first kappa shape index (κ1) is 13.6. The Balaban J connectivity index is 1.82. The fraction of sp³-hybridized carbons (Fsp3) is 0.538. The molecule has 1 aliphatic carbocycles. The van der Waals surface area contributed by atoms with Crippen molar-refractivity contribution >= 4 is 32.8 Å². The molecule has 2 aromatic rings. The molecule has 0 amide bonds. The lowest BCUT2D eigenvalue weighted by Gasteiger charge is -2.27. The van der Waals surface area contributed by atoms with Crippen molar-refractivity contribution in [3.05, 3.63) is 18.2 Å². The average Bonchev–Trinajstić information content (AvgIpc) is 2.96. The number of rotatable bonds is 4. The van der Waals surface area contributed by atoms with Gasteiger partial charge in [0.15, 0.2) is 0 Å². The van der Waals surface area contributed by atoms with Crippen LogP contribution in [-0.4, -0.2) is 46.6 Å². The third-order valence-electron chi connectivity index (χ3n) is 4.11. The van der Waals surface area contributed by atoms with Crippen LogP contribution in [0.4, 0.5) is 0 Å². The van der Waals surface area contributed by atoms with E-state index in [1.807, 2.05) is 0 Å². The number of hydrogen-bond acceptors (Lipinski definition) is 6. The summed E-state index contributed by atoms with van der Waals surface area (Å²) < 4.78 is 36.3. The second-order valence-electron chi connectivity index (χ2n) is 5.60. The van der Waals surface area contributed by atoms with Crippen LogP contribution in [0.1, 0.15) is 19.3 Å². The van der Waals surface area contributed by atoms with Crippen molar-refractivity contribution in [2.75, 3.05) is 13.1 Å². The van der Waals surface area contributed by atoms with Gasteiger partial charge in [0.1, 0.15) is 15.9 Å². The second kappa shape index (κ2) is 4.98. The smallest absolute Gasteiger partial charge is 0.245 e. The zero-order valence-corrected chi connectivity index (χ0v) is 13.0. The van der Waals surface area contributed by atoms with E-state index < -0.39 is 10.0 Å². The molecule has 1 saturated carbocycles. The number of sulfonamides is 1. The van der Waals surface area contributed by atoms with Crippen LogP contribution in [0.5, 0.6) is 0 Å². The summed E-state index contributed by atoms with van der Waals surface area (Å²) >= 11 is 1.06. The average molecular weight is 324 g/mol. The number of fused-ring (bicyclic) bond motifs is 1. The maximum atomic E-state index is 13.1. The number of nitrogens with zero attached hydrogens (tertiary/aromatic N) is 3. The molecule has 1 aliphatic heterocycles. The lowest BCUT2D eigenvalue weighted by atomic mass is 10.2. The molecule has 2 fully saturated rings. The molecule has 1 unspecified atom stereocenters. The highest BCUT2D eigenvalue weighted by Gasteiger charge is 2.44. The topological polar surface area (TPSA) is 75.2 Å². The van der Waals surface area contributed by atoms with Gasteiger partial charge < -0.3 is 5.32 Å². The molecule has 8 heteroatoms. The van der Waals surface area contributed by atoms with Gasteiger partial charge in [-0.1, -0.05) is 6.07 Å². The summed E-state index contributed by atoms with van der Waals surface area (Å²) in [5.74, 6) is 0. The Morgan fingerprint density at radius 3 is 2.76 bits per heavy atom. The van der Waals surface area contributed by atoms with E-state index in [0.29, 0.717) is 15.9 Å². The van der Waals surface area contributed by atoms with Crippen molar-refractivity contribution in [2.24, 2.45) is 0 Å². The normalized spacial score (nSPS) is 23.2. The highest BCUT2D eigenvalue weighted by Crippen LogP contribution is 2.36. The van der Waals surface area contributed by atoms with Gasteiger partial charge in [0.05, 0.1) is 11.7 Å². The van der Waals surface area contributed by atoms with Gasteiger partial charge in [0.2, 0.25) is 10.0 Å². The molecular weight excluding hydrogens is 308 g/mol. The Bertz CT molecular complexity index is 763. The maximum absolute atomic E-state index is 13.1. The molecule has 21 heavy (non-hydrogen) atoms. The SMILES string of the molecule is O=S(=O)(c1cccc2nsnc12)N(C1CC1)C1CCNC1. The fourth-order valence-corrected chi connectivity index (χ4v) is 5.63. The fourth-order valence-electron chi connectivity index (χ4n) is 2.98. The van der Waals surface area contributed by atoms with Crippen LogP contribution in [0.25, 0.3) is 11.0 Å². The highest BCUT2D eigenvalue weighted by molar-refractivity contribution is 7.89. The lowest BCUT2D eigenvalue weighted by molar-refractivity contribution is 0.327. The van der Waals surface area contributed by atoms with Crippen molar-refractivity contribution in [3.63, 3.8) is 0 Å². The maximum Gasteiger partial charge on any atom is 0.245 e. The molecule has 2 heterocycles. The molecule has 1 N–H and O–H groups in total. The summed E-state index contributed by atoms with van der Waals surface area (Å²) in [6.45, 7) is 1.62. The second-order valence-corrected chi connectivity index (χ2v) is 7.94. The van der Waals surface area contributed by atoms with Crippen molar-refractivity contribution in [1.82, 2.24) is 18.4 Å². The Labute approximate surface area is 127 Å². The molecule has 1 saturated heterocycles. The molecule has 112 valence electrons. The van der Waals surface area contributed by atoms with Gasteiger partial charge in [-0.3, -0.25) is 0 Å². The number of hydrogen-bond donors (Lipinski definition) is 1. The van der Waals surface area contributed by atoms with Gasteiger partial charge in [0.25, 0.3) is 0 Å². The predicted octanol–water partition coefficient (Wildman–Crippen LogP) is 1.21. The quantitative estimate of drug-likeness (QED) is 0.915. The van der Waals surface area contributed by atoms with Crippen LogP contribution >= 0.6 is 11.7 Å². The molecule has 1 aromatic carbocycles. The summed E-state index contributed by atoms with van der Waals surface area (Å²) in [5.41, 5.74) is 1.15. The van der Waals surface area contributed by atoms with Gasteiger partial charge >= 0.3 is 0 Å². The van der Waals surface area contributed by atoms with E-state index in [4.69, 9.17) is 0 Å². The molecule has 1 aromatic heterocycles. The summed E-state index contributed by atoms with van der Waals surface area (Å²) in [6, 6.07) is 5.41. The molecule has 0 radical (unpaired) electrons. The largest absolute Gasteiger partial charge is 0.315 e. The summed E-state index contributed by atoms with van der Waals surface area (Å²) in [4.78, 5) is 0.299. The first-order valence-corrected chi connectivity index (χ1v) is 9.30. The van der Waals surface area contributed by atoms with Crippen LogP contribution in [0, 0.1) is 0 Å². The highest BCUT2D eigenvalue weighted by atomic mass is 32.2. The van der Waals surface area contributed by atoms with E-state index in [-0.39, 0.29) is 12.1 Å². The predicted molar refractivity (Wildman–Crippen MR) is 80.7 cm³/mol. The third kappa shape index (κ3) is 2.26. The molecule has 6 nitrogen and oxygen atoms in total. The monoisotopic (exact) mass is 324 g/mol. The lowest BCUT2D eigenvalue weighted by Crippen LogP contribution is -2.43. The van der Waals surface area contributed by atoms with Crippen LogP contribution in [-0.2, 0) is 10.0 Å². The van der Waals surface area contributed by atoms with Crippen LogP contribution < -0.4 is 5.32 Å². The zero-order valence-electron chi connectivity index (χ0n) is 11.4. The Morgan fingerprint density at radius 1 is 1.19 bits per heavy atom. The van der Waals surface area contributed by atoms with Crippen molar-refractivity contribution in [2.45, 2.75) is 36.2 Å². The van der Waals surface area contributed by atoms with Crippen molar-refractivity contribution in [1.29, 1.82) is 0 Å². The Kier molecular flexibility index (Phi) is 3.21. The minimum absolute atomic E-state index is 0.0596. The van der Waals surface area contributed by atoms with E-state index in [1.165, 1.54) is 0 Å². The minimum Gasteiger partial charge on any atom is -0.315 e. The first-order valence-electron chi connectivity index (χ1n) is 7.13. The summed E-state index contributed by atoms with van der Waals surface area (Å²) in [7, 11) is -3.52. The first-order chi connectivity index (χ1) is 10.2. The summed E-state index contributed by atoms with van der Waals surface area (Å²) in [5, 5.41) is 3.26. The van der Waals surface area contributed by atoms with Crippen LogP contribution in [0.3, 0.4) is 0 Å². The molecule has 2 aliphatic rings. The van der Waals surface area contributed by atoms with Gasteiger partial charge in [-0.2, -0.15) is 13.1 Å². The molecule has 0 spiro atoms. The van der Waals surface area contributed by atoms with Crippen LogP contribution in [0.2, 0.25) is 0 Å². The van der Waals surface area contributed by atoms with Gasteiger partial charge in [-0.15, -0.1) is 0 Å². The van der Waals surface area contributed by atoms with Crippen molar-refractivity contribution < 1.29 is 8.42 Å². The number of benzene rings is 1. The zero-order chi connectivity index (χ0) is 14.4. The molecule has 4 rings (SSSR count). The van der Waals surface area contributed by atoms with E-state index in [2.05, 4.69) is 14.1 Å². The number of nitrogens with one attached hydrogen (secondary N) is 1. The Hall–Kier alpha value is -1.09. The van der Waals surface area contributed by atoms with Gasteiger partial charge in [-0.05, 0) is 37.9 Å². The molecule has 1 atom stereocenters. The van der Waals surface area contributed by atoms with E-state index in [1.54, 1.807) is 22.5 Å². The third-order valence-corrected chi connectivity index (χ3v) is 6.68. The van der Waals surface area contributed by atoms with Gasteiger partial charge in [0, 0.05) is 18.6 Å². The van der Waals surface area contributed by atoms with E-state index in [9.17, 15) is 8.42 Å². The van der Waals surface area contributed by atoms with Gasteiger partial charge in [-0.25, -0.2) is 8.42 Å². The van der Waals surface area contributed by atoms with E-state index >= 15 is 0 Å². The van der Waals surface area contributed by atoms with E-state index in [0.717, 1.165) is 44.1 Å². The number of aromatic nitrogens is 2. The van der Waals surface area contributed by atoms with Crippen molar-refractivity contribution in [3.8, 4) is 0 Å².